The van der Waals surface area contributed by atoms with Crippen molar-refractivity contribution in [1.29, 1.82) is 0 Å². The molecule has 2 aliphatic rings. The molecule has 21 heavy (non-hydrogen) atoms. The van der Waals surface area contributed by atoms with Gasteiger partial charge in [0.1, 0.15) is 0 Å². The Bertz CT molecular complexity index is 384. The fraction of sp³-hybridized carbons (Fsp3) is 0.867. The zero-order valence-electron chi connectivity index (χ0n) is 13.1. The van der Waals surface area contributed by atoms with Gasteiger partial charge in [-0.05, 0) is 52.2 Å². The van der Waals surface area contributed by atoms with Crippen molar-refractivity contribution in [2.75, 3.05) is 33.2 Å². The van der Waals surface area contributed by atoms with Crippen molar-refractivity contribution in [2.45, 2.75) is 45.1 Å². The first-order chi connectivity index (χ1) is 9.97. The lowest BCUT2D eigenvalue weighted by Gasteiger charge is -2.39. The molecule has 0 aromatic rings. The van der Waals surface area contributed by atoms with Crippen LogP contribution in [0.4, 0.5) is 4.79 Å². The molecule has 0 bridgehead atoms. The van der Waals surface area contributed by atoms with Crippen LogP contribution in [-0.4, -0.2) is 66.2 Å². The summed E-state index contributed by atoms with van der Waals surface area (Å²) in [6, 6.07) is 0.227. The van der Waals surface area contributed by atoms with Gasteiger partial charge in [0, 0.05) is 19.1 Å². The van der Waals surface area contributed by atoms with Crippen LogP contribution in [-0.2, 0) is 4.79 Å². The number of amides is 2. The largest absolute Gasteiger partial charge is 0.481 e. The Balaban J connectivity index is 1.82. The summed E-state index contributed by atoms with van der Waals surface area (Å²) in [7, 11) is 2.10. The van der Waals surface area contributed by atoms with Crippen molar-refractivity contribution >= 4 is 12.0 Å². The number of nitrogens with zero attached hydrogens (tertiary/aromatic N) is 2. The summed E-state index contributed by atoms with van der Waals surface area (Å²) in [6.45, 7) is 5.03. The van der Waals surface area contributed by atoms with Crippen LogP contribution in [0.5, 0.6) is 0 Å². The van der Waals surface area contributed by atoms with Crippen LogP contribution in [0.25, 0.3) is 0 Å². The van der Waals surface area contributed by atoms with Gasteiger partial charge in [0.15, 0.2) is 0 Å². The first-order valence-corrected chi connectivity index (χ1v) is 7.94. The lowest BCUT2D eigenvalue weighted by atomic mass is 9.76. The van der Waals surface area contributed by atoms with Crippen molar-refractivity contribution in [1.82, 2.24) is 15.1 Å². The van der Waals surface area contributed by atoms with Gasteiger partial charge in [-0.25, -0.2) is 4.79 Å². The molecule has 0 aromatic carbocycles. The van der Waals surface area contributed by atoms with Crippen LogP contribution < -0.4 is 5.32 Å². The number of carbonyl (C=O) groups is 2. The Labute approximate surface area is 126 Å². The highest BCUT2D eigenvalue weighted by molar-refractivity contribution is 5.77. The van der Waals surface area contributed by atoms with Gasteiger partial charge in [-0.2, -0.15) is 0 Å². The van der Waals surface area contributed by atoms with E-state index in [4.69, 9.17) is 0 Å². The number of carboxylic acids is 1. The van der Waals surface area contributed by atoms with Gasteiger partial charge in [0.05, 0.1) is 5.41 Å². The van der Waals surface area contributed by atoms with Gasteiger partial charge >= 0.3 is 12.0 Å². The van der Waals surface area contributed by atoms with Gasteiger partial charge < -0.3 is 20.2 Å². The second-order valence-electron chi connectivity index (χ2n) is 6.45. The number of nitrogens with one attached hydrogen (secondary N) is 1. The summed E-state index contributed by atoms with van der Waals surface area (Å²) >= 11 is 0. The molecule has 2 amide bonds. The molecule has 0 spiro atoms. The maximum Gasteiger partial charge on any atom is 0.317 e. The molecule has 120 valence electrons. The van der Waals surface area contributed by atoms with Gasteiger partial charge in [-0.3, -0.25) is 4.79 Å². The number of rotatable bonds is 3. The summed E-state index contributed by atoms with van der Waals surface area (Å²) in [5.74, 6) is -0.722. The molecular formula is C15H27N3O3. The van der Waals surface area contributed by atoms with Crippen LogP contribution in [0.3, 0.4) is 0 Å². The maximum atomic E-state index is 12.3. The summed E-state index contributed by atoms with van der Waals surface area (Å²) in [6.07, 6.45) is 3.72. The lowest BCUT2D eigenvalue weighted by Crippen LogP contribution is -2.52. The van der Waals surface area contributed by atoms with Crippen LogP contribution >= 0.6 is 0 Å². The fourth-order valence-corrected chi connectivity index (χ4v) is 3.28. The third-order valence-corrected chi connectivity index (χ3v) is 5.18. The quantitative estimate of drug-likeness (QED) is 0.825. The van der Waals surface area contributed by atoms with Crippen molar-refractivity contribution < 1.29 is 14.7 Å². The molecule has 2 aliphatic heterocycles. The number of carboxylic acid groups (broad SMARTS) is 1. The Kier molecular flexibility index (Phi) is 5.08. The molecule has 0 radical (unpaired) electrons. The third-order valence-electron chi connectivity index (χ3n) is 5.18. The molecule has 6 heteroatoms. The van der Waals surface area contributed by atoms with Crippen LogP contribution in [0.15, 0.2) is 0 Å². The number of aliphatic carboxylic acids is 1. The summed E-state index contributed by atoms with van der Waals surface area (Å²) in [5.41, 5.74) is -0.635. The van der Waals surface area contributed by atoms with Crippen LogP contribution in [0.1, 0.15) is 39.0 Å². The maximum absolute atomic E-state index is 12.3. The second kappa shape index (κ2) is 6.64. The van der Waals surface area contributed by atoms with E-state index in [1.807, 2.05) is 6.92 Å². The smallest absolute Gasteiger partial charge is 0.317 e. The van der Waals surface area contributed by atoms with Crippen molar-refractivity contribution in [2.24, 2.45) is 5.41 Å². The third kappa shape index (κ3) is 3.67. The predicted octanol–water partition coefficient (Wildman–Crippen LogP) is 1.37. The van der Waals surface area contributed by atoms with Crippen LogP contribution in [0.2, 0.25) is 0 Å². The minimum atomic E-state index is -0.722. The average Bonchev–Trinajstić information content (AvgIpc) is 2.49. The molecule has 0 saturated carbocycles. The van der Waals surface area contributed by atoms with E-state index in [0.717, 1.165) is 25.9 Å². The summed E-state index contributed by atoms with van der Waals surface area (Å²) in [5, 5.41) is 12.5. The zero-order chi connectivity index (χ0) is 15.5. The molecular weight excluding hydrogens is 270 g/mol. The van der Waals surface area contributed by atoms with Crippen molar-refractivity contribution in [3.63, 3.8) is 0 Å². The SMILES string of the molecule is CCC1(C(=O)O)CCN(C(=O)NC2CCN(C)CC2)CC1. The molecule has 2 heterocycles. The predicted molar refractivity (Wildman–Crippen MR) is 80.2 cm³/mol. The number of urea groups is 1. The van der Waals surface area contributed by atoms with Gasteiger partial charge in [0.25, 0.3) is 0 Å². The first-order valence-electron chi connectivity index (χ1n) is 7.94. The van der Waals surface area contributed by atoms with Gasteiger partial charge in [0.2, 0.25) is 0 Å². The molecule has 0 atom stereocenters. The monoisotopic (exact) mass is 297 g/mol. The zero-order valence-corrected chi connectivity index (χ0v) is 13.1. The number of carbonyl (C=O) groups excluding carboxylic acids is 1. The Morgan fingerprint density at radius 1 is 1.19 bits per heavy atom. The number of hydrogen-bond acceptors (Lipinski definition) is 3. The van der Waals surface area contributed by atoms with Crippen molar-refractivity contribution in [3.8, 4) is 0 Å². The fourth-order valence-electron chi connectivity index (χ4n) is 3.28. The van der Waals surface area contributed by atoms with Gasteiger partial charge in [-0.1, -0.05) is 6.92 Å². The first kappa shape index (κ1) is 16.1. The van der Waals surface area contributed by atoms with E-state index in [-0.39, 0.29) is 12.1 Å². The Morgan fingerprint density at radius 3 is 2.24 bits per heavy atom. The molecule has 0 unspecified atom stereocenters. The number of hydrogen-bond donors (Lipinski definition) is 2. The summed E-state index contributed by atoms with van der Waals surface area (Å²) < 4.78 is 0. The summed E-state index contributed by atoms with van der Waals surface area (Å²) in [4.78, 5) is 27.7. The number of likely N-dealkylation sites (tertiary alicyclic amines) is 2. The molecule has 0 aliphatic carbocycles. The molecule has 2 N–H and O–H groups in total. The van der Waals surface area contributed by atoms with E-state index in [2.05, 4.69) is 17.3 Å². The second-order valence-corrected chi connectivity index (χ2v) is 6.45. The highest BCUT2D eigenvalue weighted by Gasteiger charge is 2.41. The van der Waals surface area contributed by atoms with E-state index in [1.165, 1.54) is 0 Å². The molecule has 2 rings (SSSR count). The topological polar surface area (TPSA) is 72.9 Å². The van der Waals surface area contributed by atoms with E-state index in [9.17, 15) is 14.7 Å². The minimum Gasteiger partial charge on any atom is -0.481 e. The van der Waals surface area contributed by atoms with Gasteiger partial charge in [-0.15, -0.1) is 0 Å². The van der Waals surface area contributed by atoms with Crippen LogP contribution in [0, 0.1) is 5.41 Å². The Hall–Kier alpha value is -1.30. The highest BCUT2D eigenvalue weighted by Crippen LogP contribution is 2.35. The highest BCUT2D eigenvalue weighted by atomic mass is 16.4. The van der Waals surface area contributed by atoms with Crippen molar-refractivity contribution in [3.05, 3.63) is 0 Å². The van der Waals surface area contributed by atoms with E-state index >= 15 is 0 Å². The standard InChI is InChI=1S/C15H27N3O3/c1-3-15(13(19)20)6-10-18(11-7-15)14(21)16-12-4-8-17(2)9-5-12/h12H,3-11H2,1-2H3,(H,16,21)(H,19,20). The van der Waals surface area contributed by atoms with E-state index < -0.39 is 11.4 Å². The average molecular weight is 297 g/mol. The molecule has 0 aromatic heterocycles. The molecule has 2 saturated heterocycles. The van der Waals surface area contributed by atoms with E-state index in [1.54, 1.807) is 4.90 Å². The van der Waals surface area contributed by atoms with E-state index in [0.29, 0.717) is 32.4 Å². The Morgan fingerprint density at radius 2 is 1.76 bits per heavy atom. The normalized spacial score (nSPS) is 23.8. The minimum absolute atomic E-state index is 0.0281. The molecule has 6 nitrogen and oxygen atoms in total. The molecule has 2 fully saturated rings. The number of piperidine rings is 2. The lowest BCUT2D eigenvalue weighted by molar-refractivity contribution is -0.151.